The molecule has 8 heteroatoms. The SMILES string of the molecule is COCCN(C(=O)c1cnc2c(c1)c(C)nn2C)c1nc2ccccc2s1. The van der Waals surface area contributed by atoms with Crippen LogP contribution < -0.4 is 4.90 Å². The molecule has 1 amide bonds. The van der Waals surface area contributed by atoms with E-state index < -0.39 is 0 Å². The zero-order valence-electron chi connectivity index (χ0n) is 15.3. The lowest BCUT2D eigenvalue weighted by Gasteiger charge is -2.19. The molecule has 0 unspecified atom stereocenters. The number of rotatable bonds is 5. The summed E-state index contributed by atoms with van der Waals surface area (Å²) in [6, 6.07) is 9.70. The molecule has 0 spiro atoms. The van der Waals surface area contributed by atoms with Crippen molar-refractivity contribution in [1.82, 2.24) is 19.7 Å². The van der Waals surface area contributed by atoms with E-state index in [2.05, 4.69) is 15.1 Å². The van der Waals surface area contributed by atoms with E-state index >= 15 is 0 Å². The fraction of sp³-hybridized carbons (Fsp3) is 0.263. The number of carbonyl (C=O) groups excluding carboxylic acids is 1. The van der Waals surface area contributed by atoms with Gasteiger partial charge in [-0.1, -0.05) is 23.5 Å². The summed E-state index contributed by atoms with van der Waals surface area (Å²) in [5, 5.41) is 5.90. The first-order valence-corrected chi connectivity index (χ1v) is 9.36. The van der Waals surface area contributed by atoms with Crippen LogP contribution in [-0.2, 0) is 11.8 Å². The summed E-state index contributed by atoms with van der Waals surface area (Å²) in [6.07, 6.45) is 1.60. The van der Waals surface area contributed by atoms with Gasteiger partial charge in [0.25, 0.3) is 5.91 Å². The average Bonchev–Trinajstić information content (AvgIpc) is 3.22. The quantitative estimate of drug-likeness (QED) is 0.531. The zero-order valence-corrected chi connectivity index (χ0v) is 16.2. The van der Waals surface area contributed by atoms with Gasteiger partial charge < -0.3 is 4.74 Å². The van der Waals surface area contributed by atoms with Gasteiger partial charge in [-0.2, -0.15) is 5.10 Å². The molecule has 7 nitrogen and oxygen atoms in total. The molecule has 0 N–H and O–H groups in total. The number of benzene rings is 1. The molecule has 0 radical (unpaired) electrons. The molecular formula is C19H19N5O2S. The Morgan fingerprint density at radius 1 is 1.33 bits per heavy atom. The first-order valence-electron chi connectivity index (χ1n) is 8.54. The number of aromatic nitrogens is 4. The van der Waals surface area contributed by atoms with Crippen LogP contribution in [0.3, 0.4) is 0 Å². The summed E-state index contributed by atoms with van der Waals surface area (Å²) >= 11 is 1.49. The van der Waals surface area contributed by atoms with Gasteiger partial charge in [-0.3, -0.25) is 14.4 Å². The van der Waals surface area contributed by atoms with Gasteiger partial charge >= 0.3 is 0 Å². The van der Waals surface area contributed by atoms with Crippen LogP contribution in [0.1, 0.15) is 16.1 Å². The molecule has 0 atom stereocenters. The van der Waals surface area contributed by atoms with Crippen LogP contribution >= 0.6 is 11.3 Å². The normalized spacial score (nSPS) is 11.4. The lowest BCUT2D eigenvalue weighted by atomic mass is 10.2. The maximum atomic E-state index is 13.3. The molecule has 3 aromatic heterocycles. The van der Waals surface area contributed by atoms with Crippen molar-refractivity contribution in [2.75, 3.05) is 25.2 Å². The van der Waals surface area contributed by atoms with Crippen molar-refractivity contribution < 1.29 is 9.53 Å². The number of aryl methyl sites for hydroxylation is 2. The third kappa shape index (κ3) is 3.17. The second-order valence-electron chi connectivity index (χ2n) is 6.22. The first-order chi connectivity index (χ1) is 13.1. The van der Waals surface area contributed by atoms with Gasteiger partial charge in [-0.05, 0) is 25.1 Å². The molecule has 1 aromatic carbocycles. The van der Waals surface area contributed by atoms with E-state index in [1.807, 2.05) is 44.3 Å². The Morgan fingerprint density at radius 3 is 2.93 bits per heavy atom. The molecule has 4 rings (SSSR count). The van der Waals surface area contributed by atoms with E-state index in [0.717, 1.165) is 26.9 Å². The van der Waals surface area contributed by atoms with Crippen molar-refractivity contribution in [3.63, 3.8) is 0 Å². The maximum absolute atomic E-state index is 13.3. The highest BCUT2D eigenvalue weighted by Crippen LogP contribution is 2.29. The highest BCUT2D eigenvalue weighted by atomic mass is 32.1. The summed E-state index contributed by atoms with van der Waals surface area (Å²) in [5.74, 6) is -0.149. The number of pyridine rings is 1. The molecule has 3 heterocycles. The molecule has 27 heavy (non-hydrogen) atoms. The fourth-order valence-corrected chi connectivity index (χ4v) is 4.01. The number of nitrogens with zero attached hydrogens (tertiary/aromatic N) is 5. The van der Waals surface area contributed by atoms with Gasteiger partial charge in [-0.25, -0.2) is 9.97 Å². The van der Waals surface area contributed by atoms with Crippen LogP contribution in [-0.4, -0.2) is 45.9 Å². The molecule has 0 aliphatic rings. The lowest BCUT2D eigenvalue weighted by molar-refractivity contribution is 0.0975. The van der Waals surface area contributed by atoms with Crippen LogP contribution in [0.2, 0.25) is 0 Å². The van der Waals surface area contributed by atoms with Gasteiger partial charge in [0.15, 0.2) is 10.8 Å². The predicted octanol–water partition coefficient (Wildman–Crippen LogP) is 3.18. The van der Waals surface area contributed by atoms with Crippen molar-refractivity contribution in [3.05, 3.63) is 47.8 Å². The summed E-state index contributed by atoms with van der Waals surface area (Å²) in [5.41, 5.74) is 2.99. The smallest absolute Gasteiger partial charge is 0.261 e. The van der Waals surface area contributed by atoms with E-state index in [1.165, 1.54) is 11.3 Å². The molecule has 0 fully saturated rings. The molecule has 0 bridgehead atoms. The van der Waals surface area contributed by atoms with Crippen molar-refractivity contribution in [1.29, 1.82) is 0 Å². The Morgan fingerprint density at radius 2 is 2.15 bits per heavy atom. The number of para-hydroxylation sites is 1. The highest BCUT2D eigenvalue weighted by Gasteiger charge is 2.22. The largest absolute Gasteiger partial charge is 0.383 e. The molecule has 138 valence electrons. The first kappa shape index (κ1) is 17.6. The van der Waals surface area contributed by atoms with Crippen LogP contribution in [0.4, 0.5) is 5.13 Å². The summed E-state index contributed by atoms with van der Waals surface area (Å²) < 4.78 is 7.96. The van der Waals surface area contributed by atoms with E-state index in [9.17, 15) is 4.79 Å². The molecule has 0 saturated heterocycles. The molecule has 0 aliphatic heterocycles. The Bertz CT molecular complexity index is 1100. The van der Waals surface area contributed by atoms with E-state index in [1.54, 1.807) is 22.9 Å². The monoisotopic (exact) mass is 381 g/mol. The lowest BCUT2D eigenvalue weighted by Crippen LogP contribution is -2.34. The van der Waals surface area contributed by atoms with Crippen LogP contribution in [0, 0.1) is 6.92 Å². The number of hydrogen-bond acceptors (Lipinski definition) is 6. The molecular weight excluding hydrogens is 362 g/mol. The summed E-state index contributed by atoms with van der Waals surface area (Å²) in [6.45, 7) is 2.75. The van der Waals surface area contributed by atoms with Crippen molar-refractivity contribution in [2.45, 2.75) is 6.92 Å². The molecule has 0 aliphatic carbocycles. The van der Waals surface area contributed by atoms with Gasteiger partial charge in [0.05, 0.1) is 34.6 Å². The van der Waals surface area contributed by atoms with Crippen LogP contribution in [0.15, 0.2) is 36.5 Å². The Hall–Kier alpha value is -2.84. The summed E-state index contributed by atoms with van der Waals surface area (Å²) in [7, 11) is 3.46. The number of hydrogen-bond donors (Lipinski definition) is 0. The Balaban J connectivity index is 1.75. The van der Waals surface area contributed by atoms with E-state index in [0.29, 0.717) is 23.8 Å². The number of methoxy groups -OCH3 is 1. The van der Waals surface area contributed by atoms with Crippen molar-refractivity contribution in [3.8, 4) is 0 Å². The van der Waals surface area contributed by atoms with E-state index in [4.69, 9.17) is 4.74 Å². The van der Waals surface area contributed by atoms with Crippen molar-refractivity contribution >= 4 is 43.6 Å². The fourth-order valence-electron chi connectivity index (χ4n) is 3.02. The minimum atomic E-state index is -0.149. The zero-order chi connectivity index (χ0) is 19.0. The topological polar surface area (TPSA) is 73.1 Å². The summed E-state index contributed by atoms with van der Waals surface area (Å²) in [4.78, 5) is 24.0. The number of fused-ring (bicyclic) bond motifs is 2. The second kappa shape index (κ2) is 7.05. The number of anilines is 1. The number of thiazole rings is 1. The van der Waals surface area contributed by atoms with Gasteiger partial charge in [0.2, 0.25) is 0 Å². The third-order valence-corrected chi connectivity index (χ3v) is 5.45. The highest BCUT2D eigenvalue weighted by molar-refractivity contribution is 7.22. The average molecular weight is 381 g/mol. The number of carbonyl (C=O) groups is 1. The predicted molar refractivity (Wildman–Crippen MR) is 106 cm³/mol. The minimum absolute atomic E-state index is 0.149. The van der Waals surface area contributed by atoms with Gasteiger partial charge in [0.1, 0.15) is 0 Å². The van der Waals surface area contributed by atoms with Crippen molar-refractivity contribution in [2.24, 2.45) is 7.05 Å². The Labute approximate surface area is 160 Å². The minimum Gasteiger partial charge on any atom is -0.383 e. The third-order valence-electron chi connectivity index (χ3n) is 4.39. The van der Waals surface area contributed by atoms with Crippen LogP contribution in [0.5, 0.6) is 0 Å². The van der Waals surface area contributed by atoms with Gasteiger partial charge in [0, 0.05) is 25.7 Å². The van der Waals surface area contributed by atoms with E-state index in [-0.39, 0.29) is 5.91 Å². The van der Waals surface area contributed by atoms with Crippen LogP contribution in [0.25, 0.3) is 21.3 Å². The standard InChI is InChI=1S/C19H19N5O2S/c1-12-14-10-13(11-20-17(14)23(2)22-12)18(25)24(8-9-26-3)19-21-15-6-4-5-7-16(15)27-19/h4-7,10-11H,8-9H2,1-3H3. The second-order valence-corrected chi connectivity index (χ2v) is 7.23. The number of amides is 1. The maximum Gasteiger partial charge on any atom is 0.261 e. The van der Waals surface area contributed by atoms with Gasteiger partial charge in [-0.15, -0.1) is 0 Å². The Kier molecular flexibility index (Phi) is 4.59. The molecule has 0 saturated carbocycles. The number of ether oxygens (including phenoxy) is 1. The molecule has 4 aromatic rings.